The molecule has 1 N–H and O–H groups in total. The zero-order valence-electron chi connectivity index (χ0n) is 13.9. The van der Waals surface area contributed by atoms with E-state index in [0.29, 0.717) is 25.9 Å². The maximum absolute atomic E-state index is 11.8. The fourth-order valence-corrected chi connectivity index (χ4v) is 3.29. The molecule has 2 rings (SSSR count). The summed E-state index contributed by atoms with van der Waals surface area (Å²) in [5, 5.41) is 9.66. The van der Waals surface area contributed by atoms with Crippen LogP contribution in [0.4, 0.5) is 0 Å². The Balaban J connectivity index is 2.16. The highest BCUT2D eigenvalue weighted by molar-refractivity contribution is 5.75. The van der Waals surface area contributed by atoms with Crippen molar-refractivity contribution in [3.63, 3.8) is 0 Å². The van der Waals surface area contributed by atoms with Crippen LogP contribution >= 0.6 is 0 Å². The highest BCUT2D eigenvalue weighted by Crippen LogP contribution is 2.36. The van der Waals surface area contributed by atoms with E-state index in [9.17, 15) is 9.90 Å². The Morgan fingerprint density at radius 1 is 1.43 bits per heavy atom. The zero-order chi connectivity index (χ0) is 16.9. The molecule has 1 aliphatic rings. The number of benzene rings is 1. The minimum Gasteiger partial charge on any atom is -0.497 e. The third-order valence-electron chi connectivity index (χ3n) is 4.53. The van der Waals surface area contributed by atoms with E-state index in [2.05, 4.69) is 11.5 Å². The second-order valence-corrected chi connectivity index (χ2v) is 6.07. The molecule has 5 nitrogen and oxygen atoms in total. The van der Waals surface area contributed by atoms with Gasteiger partial charge in [0.1, 0.15) is 11.5 Å². The number of rotatable bonds is 7. The molecule has 1 aromatic rings. The summed E-state index contributed by atoms with van der Waals surface area (Å²) < 4.78 is 10.7. The van der Waals surface area contributed by atoms with Gasteiger partial charge in [-0.1, -0.05) is 12.1 Å². The lowest BCUT2D eigenvalue weighted by molar-refractivity contribution is -0.152. The predicted octanol–water partition coefficient (Wildman–Crippen LogP) is 2.95. The number of allylic oxidation sites excluding steroid dienone is 1. The van der Waals surface area contributed by atoms with E-state index in [4.69, 9.17) is 9.47 Å². The van der Waals surface area contributed by atoms with Crippen molar-refractivity contribution in [3.8, 4) is 11.5 Å². The van der Waals surface area contributed by atoms with E-state index in [1.807, 2.05) is 18.2 Å². The predicted molar refractivity (Wildman–Crippen MR) is 88.9 cm³/mol. The van der Waals surface area contributed by atoms with Gasteiger partial charge in [0.25, 0.3) is 0 Å². The summed E-state index contributed by atoms with van der Waals surface area (Å²) in [6.45, 7) is 5.81. The lowest BCUT2D eigenvalue weighted by Crippen LogP contribution is -2.47. The summed E-state index contributed by atoms with van der Waals surface area (Å²) in [6, 6.07) is 5.73. The Hall–Kier alpha value is -2.01. The maximum atomic E-state index is 11.8. The van der Waals surface area contributed by atoms with Gasteiger partial charge in [0.05, 0.1) is 19.6 Å². The first-order chi connectivity index (χ1) is 11.0. The van der Waals surface area contributed by atoms with Crippen LogP contribution in [0, 0.1) is 5.41 Å². The normalized spacial score (nSPS) is 21.7. The molecule has 0 aliphatic carbocycles. The van der Waals surface area contributed by atoms with Gasteiger partial charge in [0.15, 0.2) is 0 Å². The number of ether oxygens (including phenoxy) is 2. The number of piperidine rings is 1. The van der Waals surface area contributed by atoms with E-state index in [-0.39, 0.29) is 0 Å². The molecule has 0 saturated carbocycles. The standard InChI is InChI=1S/C18H25NO4/c1-4-8-18(17(20)21)9-5-10-19(13-18)12-14-6-7-15(22-2)11-16(14)23-3/h4,6-7,11H,1,5,8-10,12-13H2,2-3H3,(H,20,21). The molecular weight excluding hydrogens is 294 g/mol. The number of nitrogens with zero attached hydrogens (tertiary/aromatic N) is 1. The van der Waals surface area contributed by atoms with Crippen molar-refractivity contribution in [2.45, 2.75) is 25.8 Å². The van der Waals surface area contributed by atoms with Crippen molar-refractivity contribution < 1.29 is 19.4 Å². The van der Waals surface area contributed by atoms with Gasteiger partial charge in [-0.05, 0) is 31.9 Å². The van der Waals surface area contributed by atoms with Gasteiger partial charge < -0.3 is 14.6 Å². The number of hydrogen-bond donors (Lipinski definition) is 1. The summed E-state index contributed by atoms with van der Waals surface area (Å²) in [5.74, 6) is 0.777. The lowest BCUT2D eigenvalue weighted by Gasteiger charge is -2.39. The van der Waals surface area contributed by atoms with E-state index in [0.717, 1.165) is 30.0 Å². The number of carboxylic acids is 1. The third-order valence-corrected chi connectivity index (χ3v) is 4.53. The van der Waals surface area contributed by atoms with Gasteiger partial charge >= 0.3 is 5.97 Å². The number of likely N-dealkylation sites (tertiary alicyclic amines) is 1. The highest BCUT2D eigenvalue weighted by atomic mass is 16.5. The third kappa shape index (κ3) is 3.85. The molecule has 1 unspecified atom stereocenters. The van der Waals surface area contributed by atoms with E-state index in [1.54, 1.807) is 20.3 Å². The molecule has 1 fully saturated rings. The molecule has 0 aromatic heterocycles. The molecule has 1 heterocycles. The number of aliphatic carboxylic acids is 1. The monoisotopic (exact) mass is 319 g/mol. The zero-order valence-corrected chi connectivity index (χ0v) is 13.9. The fourth-order valence-electron chi connectivity index (χ4n) is 3.29. The first kappa shape index (κ1) is 17.3. The van der Waals surface area contributed by atoms with Gasteiger partial charge in [0, 0.05) is 24.7 Å². The van der Waals surface area contributed by atoms with Gasteiger partial charge in [-0.3, -0.25) is 9.69 Å². The lowest BCUT2D eigenvalue weighted by atomic mass is 9.77. The minimum absolute atomic E-state index is 0.499. The minimum atomic E-state index is -0.733. The van der Waals surface area contributed by atoms with Crippen LogP contribution in [0.5, 0.6) is 11.5 Å². The number of carboxylic acid groups (broad SMARTS) is 1. The van der Waals surface area contributed by atoms with Crippen molar-refractivity contribution >= 4 is 5.97 Å². The molecule has 1 atom stereocenters. The Labute approximate surface area is 137 Å². The van der Waals surface area contributed by atoms with Crippen LogP contribution < -0.4 is 9.47 Å². The van der Waals surface area contributed by atoms with E-state index in [1.165, 1.54) is 0 Å². The van der Waals surface area contributed by atoms with Gasteiger partial charge in [-0.25, -0.2) is 0 Å². The smallest absolute Gasteiger partial charge is 0.311 e. The molecule has 0 spiro atoms. The molecule has 1 aromatic carbocycles. The molecule has 1 aliphatic heterocycles. The quantitative estimate of drug-likeness (QED) is 0.783. The molecule has 23 heavy (non-hydrogen) atoms. The SMILES string of the molecule is C=CCC1(C(=O)O)CCCN(Cc2ccc(OC)cc2OC)C1. The number of hydrogen-bond acceptors (Lipinski definition) is 4. The van der Waals surface area contributed by atoms with Gasteiger partial charge in [-0.15, -0.1) is 6.58 Å². The van der Waals surface area contributed by atoms with Crippen LogP contribution in [-0.4, -0.2) is 43.3 Å². The number of carbonyl (C=O) groups is 1. The van der Waals surface area contributed by atoms with Crippen molar-refractivity contribution in [1.29, 1.82) is 0 Å². The summed E-state index contributed by atoms with van der Waals surface area (Å²) in [6.07, 6.45) is 3.79. The van der Waals surface area contributed by atoms with Crippen LogP contribution in [0.2, 0.25) is 0 Å². The largest absolute Gasteiger partial charge is 0.497 e. The molecule has 0 radical (unpaired) electrons. The summed E-state index contributed by atoms with van der Waals surface area (Å²) >= 11 is 0. The molecule has 0 amide bonds. The average Bonchev–Trinajstić information content (AvgIpc) is 2.55. The molecular formula is C18H25NO4. The van der Waals surface area contributed by atoms with Crippen LogP contribution in [0.15, 0.2) is 30.9 Å². The average molecular weight is 319 g/mol. The van der Waals surface area contributed by atoms with Crippen molar-refractivity contribution in [2.75, 3.05) is 27.3 Å². The Morgan fingerprint density at radius 3 is 2.83 bits per heavy atom. The van der Waals surface area contributed by atoms with E-state index >= 15 is 0 Å². The van der Waals surface area contributed by atoms with Crippen LogP contribution in [-0.2, 0) is 11.3 Å². The Bertz CT molecular complexity index is 572. The second kappa shape index (κ2) is 7.51. The number of methoxy groups -OCH3 is 2. The van der Waals surface area contributed by atoms with Crippen LogP contribution in [0.1, 0.15) is 24.8 Å². The van der Waals surface area contributed by atoms with Crippen molar-refractivity contribution in [3.05, 3.63) is 36.4 Å². The first-order valence-electron chi connectivity index (χ1n) is 7.82. The first-order valence-corrected chi connectivity index (χ1v) is 7.82. The topological polar surface area (TPSA) is 59.0 Å². The van der Waals surface area contributed by atoms with Crippen molar-refractivity contribution in [1.82, 2.24) is 4.90 Å². The second-order valence-electron chi connectivity index (χ2n) is 6.07. The Morgan fingerprint density at radius 2 is 2.22 bits per heavy atom. The van der Waals surface area contributed by atoms with E-state index < -0.39 is 11.4 Å². The Kier molecular flexibility index (Phi) is 5.66. The van der Waals surface area contributed by atoms with Crippen LogP contribution in [0.25, 0.3) is 0 Å². The van der Waals surface area contributed by atoms with Crippen LogP contribution in [0.3, 0.4) is 0 Å². The molecule has 126 valence electrons. The summed E-state index contributed by atoms with van der Waals surface area (Å²) in [7, 11) is 3.25. The van der Waals surface area contributed by atoms with Crippen molar-refractivity contribution in [2.24, 2.45) is 5.41 Å². The summed E-state index contributed by atoms with van der Waals surface area (Å²) in [4.78, 5) is 13.9. The maximum Gasteiger partial charge on any atom is 0.311 e. The van der Waals surface area contributed by atoms with Gasteiger partial charge in [-0.2, -0.15) is 0 Å². The molecule has 0 bridgehead atoms. The molecule has 1 saturated heterocycles. The highest BCUT2D eigenvalue weighted by Gasteiger charge is 2.41. The molecule has 5 heteroatoms. The van der Waals surface area contributed by atoms with Gasteiger partial charge in [0.2, 0.25) is 0 Å². The fraction of sp³-hybridized carbons (Fsp3) is 0.500. The summed E-state index contributed by atoms with van der Waals surface area (Å²) in [5.41, 5.74) is 0.313.